The molecule has 0 radical (unpaired) electrons. The summed E-state index contributed by atoms with van der Waals surface area (Å²) in [6.07, 6.45) is 2.04. The van der Waals surface area contributed by atoms with Gasteiger partial charge in [-0.15, -0.1) is 0 Å². The third-order valence-electron chi connectivity index (χ3n) is 3.56. The summed E-state index contributed by atoms with van der Waals surface area (Å²) in [5.74, 6) is -0.542. The number of carbonyl (C=O) groups excluding carboxylic acids is 1. The van der Waals surface area contributed by atoms with E-state index in [9.17, 15) is 19.8 Å². The van der Waals surface area contributed by atoms with Gasteiger partial charge in [0.1, 0.15) is 11.8 Å². The third-order valence-corrected chi connectivity index (χ3v) is 3.56. The van der Waals surface area contributed by atoms with E-state index >= 15 is 0 Å². The number of hydrogen-bond acceptors (Lipinski definition) is 5. The summed E-state index contributed by atoms with van der Waals surface area (Å²) in [4.78, 5) is 28.7. The lowest BCUT2D eigenvalue weighted by atomic mass is 10.0. The number of ether oxygens (including phenoxy) is 1. The molecule has 0 fully saturated rings. The Bertz CT molecular complexity index is 688. The molecule has 1 heterocycles. The topological polar surface area (TPSA) is 100.0 Å². The Morgan fingerprint density at radius 3 is 2.29 bits per heavy atom. The van der Waals surface area contributed by atoms with Crippen LogP contribution in [0.3, 0.4) is 0 Å². The number of carbonyl (C=O) groups is 2. The molecule has 0 saturated heterocycles. The molecule has 1 unspecified atom stereocenters. The molecule has 7 heteroatoms. The molecular formula is C17H18N2O5. The van der Waals surface area contributed by atoms with Crippen molar-refractivity contribution in [3.05, 3.63) is 59.9 Å². The average Bonchev–Trinajstić information content (AvgIpc) is 2.59. The zero-order valence-corrected chi connectivity index (χ0v) is 13.1. The molecule has 0 aliphatic carbocycles. The van der Waals surface area contributed by atoms with Crippen molar-refractivity contribution >= 4 is 12.1 Å². The van der Waals surface area contributed by atoms with Crippen molar-refractivity contribution in [3.8, 4) is 5.75 Å². The van der Waals surface area contributed by atoms with Crippen LogP contribution in [0.25, 0.3) is 0 Å². The number of phenolic OH excluding ortho intramolecular Hbond substituents is 1. The first-order valence-corrected chi connectivity index (χ1v) is 7.25. The van der Waals surface area contributed by atoms with E-state index in [1.807, 2.05) is 0 Å². The molecule has 2 aromatic rings. The van der Waals surface area contributed by atoms with Gasteiger partial charge in [0.15, 0.2) is 0 Å². The van der Waals surface area contributed by atoms with Gasteiger partial charge in [-0.25, -0.2) is 9.59 Å². The number of esters is 1. The number of nitrogens with zero attached hydrogens (tertiary/aromatic N) is 2. The fourth-order valence-electron chi connectivity index (χ4n) is 2.31. The van der Waals surface area contributed by atoms with Gasteiger partial charge in [-0.05, 0) is 35.4 Å². The summed E-state index contributed by atoms with van der Waals surface area (Å²) in [5.41, 5.74) is 1.43. The predicted octanol–water partition coefficient (Wildman–Crippen LogP) is 2.05. The Morgan fingerprint density at radius 1 is 1.12 bits per heavy atom. The highest BCUT2D eigenvalue weighted by atomic mass is 16.5. The molecule has 1 atom stereocenters. The summed E-state index contributed by atoms with van der Waals surface area (Å²) in [7, 11) is 1.22. The lowest BCUT2D eigenvalue weighted by Crippen LogP contribution is -2.45. The van der Waals surface area contributed by atoms with Crippen molar-refractivity contribution < 1.29 is 24.5 Å². The maximum atomic E-state index is 12.1. The molecular weight excluding hydrogens is 312 g/mol. The minimum absolute atomic E-state index is 0.0374. The van der Waals surface area contributed by atoms with Gasteiger partial charge >= 0.3 is 12.1 Å². The Kier molecular flexibility index (Phi) is 5.73. The molecule has 2 N–H and O–H groups in total. The van der Waals surface area contributed by atoms with Crippen LogP contribution in [-0.2, 0) is 22.5 Å². The Labute approximate surface area is 139 Å². The maximum absolute atomic E-state index is 12.1. The van der Waals surface area contributed by atoms with E-state index in [1.165, 1.54) is 19.2 Å². The van der Waals surface area contributed by atoms with Gasteiger partial charge in [-0.1, -0.05) is 12.1 Å². The van der Waals surface area contributed by atoms with E-state index < -0.39 is 18.1 Å². The molecule has 1 amide bonds. The van der Waals surface area contributed by atoms with Gasteiger partial charge in [0, 0.05) is 18.8 Å². The van der Waals surface area contributed by atoms with Crippen LogP contribution in [0.15, 0.2) is 48.8 Å². The van der Waals surface area contributed by atoms with Crippen LogP contribution in [0.4, 0.5) is 4.79 Å². The van der Waals surface area contributed by atoms with Gasteiger partial charge in [0.25, 0.3) is 0 Å². The molecule has 2 rings (SSSR count). The quantitative estimate of drug-likeness (QED) is 0.786. The molecule has 0 spiro atoms. The zero-order chi connectivity index (χ0) is 17.5. The van der Waals surface area contributed by atoms with Crippen molar-refractivity contribution in [2.45, 2.75) is 19.0 Å². The lowest BCUT2D eigenvalue weighted by molar-refractivity contribution is -0.146. The molecule has 0 aliphatic rings. The van der Waals surface area contributed by atoms with E-state index in [2.05, 4.69) is 4.98 Å². The molecule has 0 saturated carbocycles. The highest BCUT2D eigenvalue weighted by molar-refractivity contribution is 5.81. The summed E-state index contributed by atoms with van der Waals surface area (Å²) in [6, 6.07) is 8.62. The lowest BCUT2D eigenvalue weighted by Gasteiger charge is -2.27. The number of benzene rings is 1. The Hall–Kier alpha value is -3.09. The van der Waals surface area contributed by atoms with Crippen molar-refractivity contribution in [3.63, 3.8) is 0 Å². The fourth-order valence-corrected chi connectivity index (χ4v) is 2.31. The van der Waals surface area contributed by atoms with Crippen molar-refractivity contribution in [2.24, 2.45) is 0 Å². The van der Waals surface area contributed by atoms with E-state index in [1.54, 1.807) is 36.7 Å². The number of amides is 1. The Morgan fingerprint density at radius 2 is 1.75 bits per heavy atom. The van der Waals surface area contributed by atoms with E-state index in [4.69, 9.17) is 4.74 Å². The van der Waals surface area contributed by atoms with Crippen LogP contribution in [-0.4, -0.2) is 45.3 Å². The number of aromatic hydroxyl groups is 1. The highest BCUT2D eigenvalue weighted by Gasteiger charge is 2.31. The largest absolute Gasteiger partial charge is 0.508 e. The third kappa shape index (κ3) is 4.45. The molecule has 24 heavy (non-hydrogen) atoms. The normalized spacial score (nSPS) is 11.5. The second-order valence-corrected chi connectivity index (χ2v) is 5.18. The molecule has 1 aromatic carbocycles. The van der Waals surface area contributed by atoms with Gasteiger partial charge in [-0.2, -0.15) is 0 Å². The average molecular weight is 330 g/mol. The minimum Gasteiger partial charge on any atom is -0.508 e. The number of aromatic nitrogens is 1. The number of rotatable bonds is 6. The van der Waals surface area contributed by atoms with Crippen LogP contribution in [0, 0.1) is 0 Å². The van der Waals surface area contributed by atoms with Crippen LogP contribution in [0.1, 0.15) is 11.1 Å². The summed E-state index contributed by atoms with van der Waals surface area (Å²) in [6.45, 7) is 0.0374. The number of hydrogen-bond donors (Lipinski definition) is 2. The molecule has 126 valence electrons. The van der Waals surface area contributed by atoms with Crippen molar-refractivity contribution in [1.29, 1.82) is 0 Å². The SMILES string of the molecule is COC(=O)C(Cc1ccc(O)cc1)N(Cc1ccncc1)C(=O)O. The monoisotopic (exact) mass is 330 g/mol. The molecule has 7 nitrogen and oxygen atoms in total. The van der Waals surface area contributed by atoms with E-state index in [0.717, 1.165) is 4.90 Å². The first-order valence-electron chi connectivity index (χ1n) is 7.25. The number of pyridine rings is 1. The van der Waals surface area contributed by atoms with Crippen molar-refractivity contribution in [2.75, 3.05) is 7.11 Å². The second-order valence-electron chi connectivity index (χ2n) is 5.18. The highest BCUT2D eigenvalue weighted by Crippen LogP contribution is 2.17. The van der Waals surface area contributed by atoms with Gasteiger partial charge in [0.05, 0.1) is 13.7 Å². The van der Waals surface area contributed by atoms with Gasteiger partial charge < -0.3 is 14.9 Å². The first kappa shape index (κ1) is 17.3. The van der Waals surface area contributed by atoms with Crippen LogP contribution < -0.4 is 0 Å². The predicted molar refractivity (Wildman–Crippen MR) is 85.4 cm³/mol. The standard InChI is InChI=1S/C17H18N2O5/c1-24-16(21)15(10-12-2-4-14(20)5-3-12)19(17(22)23)11-13-6-8-18-9-7-13/h2-9,15,20H,10-11H2,1H3,(H,22,23). The van der Waals surface area contributed by atoms with Gasteiger partial charge in [0.2, 0.25) is 0 Å². The number of phenols is 1. The second kappa shape index (κ2) is 7.96. The summed E-state index contributed by atoms with van der Waals surface area (Å²) < 4.78 is 4.77. The molecule has 0 aliphatic heterocycles. The minimum atomic E-state index is -1.22. The maximum Gasteiger partial charge on any atom is 0.408 e. The first-order chi connectivity index (χ1) is 11.5. The zero-order valence-electron chi connectivity index (χ0n) is 13.1. The number of carboxylic acid groups (broad SMARTS) is 1. The van der Waals surface area contributed by atoms with Crippen LogP contribution in [0.5, 0.6) is 5.75 Å². The van der Waals surface area contributed by atoms with E-state index in [0.29, 0.717) is 11.1 Å². The van der Waals surface area contributed by atoms with E-state index in [-0.39, 0.29) is 18.7 Å². The van der Waals surface area contributed by atoms with Crippen LogP contribution >= 0.6 is 0 Å². The van der Waals surface area contributed by atoms with Gasteiger partial charge in [-0.3, -0.25) is 9.88 Å². The smallest absolute Gasteiger partial charge is 0.408 e. The fraction of sp³-hybridized carbons (Fsp3) is 0.235. The summed E-state index contributed by atoms with van der Waals surface area (Å²) >= 11 is 0. The molecule has 0 bridgehead atoms. The van der Waals surface area contributed by atoms with Crippen molar-refractivity contribution in [1.82, 2.24) is 9.88 Å². The molecule has 1 aromatic heterocycles. The summed E-state index contributed by atoms with van der Waals surface area (Å²) in [5, 5.41) is 18.9. The Balaban J connectivity index is 2.26. The number of methoxy groups -OCH3 is 1. The van der Waals surface area contributed by atoms with Crippen LogP contribution in [0.2, 0.25) is 0 Å².